The van der Waals surface area contributed by atoms with Crippen molar-refractivity contribution in [1.29, 1.82) is 0 Å². The number of rotatable bonds is 7. The van der Waals surface area contributed by atoms with E-state index in [4.69, 9.17) is 9.47 Å². The van der Waals surface area contributed by atoms with Gasteiger partial charge in [-0.05, 0) is 48.9 Å². The molecule has 114 valence electrons. The lowest BCUT2D eigenvalue weighted by molar-refractivity contribution is -0.121. The Hall–Kier alpha value is -1.97. The summed E-state index contributed by atoms with van der Waals surface area (Å²) in [6.45, 7) is 0.610. The third-order valence-electron chi connectivity index (χ3n) is 3.76. The van der Waals surface area contributed by atoms with E-state index in [0.717, 1.165) is 36.3 Å². The van der Waals surface area contributed by atoms with E-state index >= 15 is 0 Å². The van der Waals surface area contributed by atoms with Crippen LogP contribution < -0.4 is 14.8 Å². The number of ether oxygens (including phenoxy) is 2. The minimum absolute atomic E-state index is 0.119. The average molecular weight is 289 g/mol. The van der Waals surface area contributed by atoms with Gasteiger partial charge in [-0.2, -0.15) is 0 Å². The maximum atomic E-state index is 11.9. The Morgan fingerprint density at radius 1 is 1.33 bits per heavy atom. The smallest absolute Gasteiger partial charge is 0.220 e. The first kappa shape index (κ1) is 15.4. The van der Waals surface area contributed by atoms with Crippen LogP contribution in [-0.2, 0) is 11.2 Å². The minimum atomic E-state index is 0.119. The van der Waals surface area contributed by atoms with Crippen LogP contribution in [0, 0.1) is 5.92 Å². The van der Waals surface area contributed by atoms with Crippen molar-refractivity contribution in [3.05, 3.63) is 35.9 Å². The maximum Gasteiger partial charge on any atom is 0.220 e. The molecule has 1 unspecified atom stereocenters. The Morgan fingerprint density at radius 3 is 2.86 bits per heavy atom. The SMILES string of the molecule is COc1ccc(OC)c(CCNC(=O)CC2C=CCC2)c1. The molecule has 0 heterocycles. The Bertz CT molecular complexity index is 511. The van der Waals surface area contributed by atoms with Gasteiger partial charge in [0.1, 0.15) is 11.5 Å². The fourth-order valence-corrected chi connectivity index (χ4v) is 2.59. The number of benzene rings is 1. The summed E-state index contributed by atoms with van der Waals surface area (Å²) in [5, 5.41) is 2.98. The second kappa shape index (κ2) is 7.72. The van der Waals surface area contributed by atoms with Gasteiger partial charge in [0.05, 0.1) is 14.2 Å². The van der Waals surface area contributed by atoms with Crippen molar-refractivity contribution in [2.75, 3.05) is 20.8 Å². The summed E-state index contributed by atoms with van der Waals surface area (Å²) in [5.74, 6) is 2.15. The lowest BCUT2D eigenvalue weighted by Gasteiger charge is -2.12. The van der Waals surface area contributed by atoms with E-state index in [1.54, 1.807) is 14.2 Å². The molecule has 1 aromatic rings. The van der Waals surface area contributed by atoms with Crippen LogP contribution in [0.4, 0.5) is 0 Å². The van der Waals surface area contributed by atoms with Gasteiger partial charge >= 0.3 is 0 Å². The maximum absolute atomic E-state index is 11.9. The summed E-state index contributed by atoms with van der Waals surface area (Å²) in [6.07, 6.45) is 7.80. The predicted octanol–water partition coefficient (Wildman–Crippen LogP) is 2.72. The highest BCUT2D eigenvalue weighted by atomic mass is 16.5. The van der Waals surface area contributed by atoms with E-state index in [-0.39, 0.29) is 5.91 Å². The van der Waals surface area contributed by atoms with Gasteiger partial charge in [-0.1, -0.05) is 12.2 Å². The number of carbonyl (C=O) groups is 1. The van der Waals surface area contributed by atoms with Crippen LogP contribution in [0.2, 0.25) is 0 Å². The summed E-state index contributed by atoms with van der Waals surface area (Å²) in [5.41, 5.74) is 1.04. The molecule has 1 amide bonds. The zero-order valence-electron chi connectivity index (χ0n) is 12.7. The number of amides is 1. The normalized spacial score (nSPS) is 16.8. The number of nitrogens with one attached hydrogen (secondary N) is 1. The minimum Gasteiger partial charge on any atom is -0.497 e. The average Bonchev–Trinajstić information content (AvgIpc) is 3.00. The van der Waals surface area contributed by atoms with Gasteiger partial charge in [-0.15, -0.1) is 0 Å². The molecule has 0 radical (unpaired) electrons. The summed E-state index contributed by atoms with van der Waals surface area (Å²) in [7, 11) is 3.29. The largest absolute Gasteiger partial charge is 0.497 e. The molecule has 1 N–H and O–H groups in total. The van der Waals surface area contributed by atoms with Crippen molar-refractivity contribution in [2.24, 2.45) is 5.92 Å². The Morgan fingerprint density at radius 2 is 2.19 bits per heavy atom. The van der Waals surface area contributed by atoms with Crippen LogP contribution in [0.25, 0.3) is 0 Å². The van der Waals surface area contributed by atoms with Gasteiger partial charge in [0.15, 0.2) is 0 Å². The van der Waals surface area contributed by atoms with Gasteiger partial charge in [0.25, 0.3) is 0 Å². The lowest BCUT2D eigenvalue weighted by atomic mass is 10.0. The second-order valence-corrected chi connectivity index (χ2v) is 5.25. The summed E-state index contributed by atoms with van der Waals surface area (Å²) in [6, 6.07) is 5.71. The molecule has 0 bridgehead atoms. The molecule has 0 saturated carbocycles. The summed E-state index contributed by atoms with van der Waals surface area (Å²) in [4.78, 5) is 11.9. The van der Waals surface area contributed by atoms with Crippen molar-refractivity contribution >= 4 is 5.91 Å². The van der Waals surface area contributed by atoms with Gasteiger partial charge in [-0.25, -0.2) is 0 Å². The number of carbonyl (C=O) groups excluding carboxylic acids is 1. The second-order valence-electron chi connectivity index (χ2n) is 5.25. The molecule has 21 heavy (non-hydrogen) atoms. The fraction of sp³-hybridized carbons (Fsp3) is 0.471. The Balaban J connectivity index is 1.82. The van der Waals surface area contributed by atoms with E-state index in [0.29, 0.717) is 18.9 Å². The Labute approximate surface area is 126 Å². The topological polar surface area (TPSA) is 47.6 Å². The van der Waals surface area contributed by atoms with E-state index in [1.807, 2.05) is 18.2 Å². The first-order chi connectivity index (χ1) is 10.2. The van der Waals surface area contributed by atoms with E-state index in [2.05, 4.69) is 17.5 Å². The third kappa shape index (κ3) is 4.52. The zero-order chi connectivity index (χ0) is 15.1. The highest BCUT2D eigenvalue weighted by Gasteiger charge is 2.13. The number of allylic oxidation sites excluding steroid dienone is 2. The van der Waals surface area contributed by atoms with E-state index in [1.165, 1.54) is 0 Å². The fourth-order valence-electron chi connectivity index (χ4n) is 2.59. The standard InChI is InChI=1S/C17H23NO3/c1-20-15-7-8-16(21-2)14(12-15)9-10-18-17(19)11-13-5-3-4-6-13/h3,5,7-8,12-13H,4,6,9-11H2,1-2H3,(H,18,19). The molecule has 0 fully saturated rings. The van der Waals surface area contributed by atoms with Crippen LogP contribution in [-0.4, -0.2) is 26.7 Å². The number of methoxy groups -OCH3 is 2. The lowest BCUT2D eigenvalue weighted by Crippen LogP contribution is -2.27. The van der Waals surface area contributed by atoms with Crippen LogP contribution in [0.5, 0.6) is 11.5 Å². The van der Waals surface area contributed by atoms with E-state index < -0.39 is 0 Å². The van der Waals surface area contributed by atoms with Crippen LogP contribution >= 0.6 is 0 Å². The van der Waals surface area contributed by atoms with Gasteiger partial charge < -0.3 is 14.8 Å². The molecular weight excluding hydrogens is 266 g/mol. The monoisotopic (exact) mass is 289 g/mol. The van der Waals surface area contributed by atoms with Crippen molar-refractivity contribution in [3.8, 4) is 11.5 Å². The van der Waals surface area contributed by atoms with Crippen LogP contribution in [0.1, 0.15) is 24.8 Å². The highest BCUT2D eigenvalue weighted by Crippen LogP contribution is 2.24. The molecule has 0 aromatic heterocycles. The first-order valence-electron chi connectivity index (χ1n) is 7.37. The summed E-state index contributed by atoms with van der Waals surface area (Å²) < 4.78 is 10.6. The molecule has 0 aliphatic heterocycles. The quantitative estimate of drug-likeness (QED) is 0.785. The van der Waals surface area contributed by atoms with Gasteiger partial charge in [0, 0.05) is 13.0 Å². The molecule has 4 heteroatoms. The van der Waals surface area contributed by atoms with Crippen LogP contribution in [0.3, 0.4) is 0 Å². The predicted molar refractivity (Wildman–Crippen MR) is 82.7 cm³/mol. The van der Waals surface area contributed by atoms with Crippen molar-refractivity contribution < 1.29 is 14.3 Å². The molecule has 1 atom stereocenters. The van der Waals surface area contributed by atoms with Gasteiger partial charge in [-0.3, -0.25) is 4.79 Å². The van der Waals surface area contributed by atoms with Crippen molar-refractivity contribution in [3.63, 3.8) is 0 Å². The van der Waals surface area contributed by atoms with Crippen LogP contribution in [0.15, 0.2) is 30.4 Å². The highest BCUT2D eigenvalue weighted by molar-refractivity contribution is 5.76. The molecular formula is C17H23NO3. The first-order valence-corrected chi connectivity index (χ1v) is 7.37. The van der Waals surface area contributed by atoms with E-state index in [9.17, 15) is 4.79 Å². The van der Waals surface area contributed by atoms with Gasteiger partial charge in [0.2, 0.25) is 5.91 Å². The molecule has 0 saturated heterocycles. The summed E-state index contributed by atoms with van der Waals surface area (Å²) >= 11 is 0. The molecule has 0 spiro atoms. The molecule has 1 aliphatic carbocycles. The van der Waals surface area contributed by atoms with Crippen molar-refractivity contribution in [2.45, 2.75) is 25.7 Å². The zero-order valence-corrected chi connectivity index (χ0v) is 12.7. The molecule has 4 nitrogen and oxygen atoms in total. The third-order valence-corrected chi connectivity index (χ3v) is 3.76. The number of hydrogen-bond acceptors (Lipinski definition) is 3. The Kier molecular flexibility index (Phi) is 5.67. The molecule has 2 rings (SSSR count). The van der Waals surface area contributed by atoms with Crippen molar-refractivity contribution in [1.82, 2.24) is 5.32 Å². The molecule has 1 aromatic carbocycles. The number of hydrogen-bond donors (Lipinski definition) is 1. The molecule has 1 aliphatic rings.